The van der Waals surface area contributed by atoms with Crippen molar-refractivity contribution in [2.24, 2.45) is 0 Å². The second-order valence-electron chi connectivity index (χ2n) is 3.25. The quantitative estimate of drug-likeness (QED) is 0.590. The van der Waals surface area contributed by atoms with E-state index in [9.17, 15) is 9.90 Å². The molecule has 0 spiro atoms. The van der Waals surface area contributed by atoms with Gasteiger partial charge in [0.25, 0.3) is 0 Å². The van der Waals surface area contributed by atoms with Crippen LogP contribution in [-0.4, -0.2) is 21.8 Å². The molecule has 0 bridgehead atoms. The van der Waals surface area contributed by atoms with Crippen LogP contribution >= 0.6 is 0 Å². The van der Waals surface area contributed by atoms with Gasteiger partial charge in [-0.05, 0) is 19.8 Å². The second kappa shape index (κ2) is 4.93. The van der Waals surface area contributed by atoms with Crippen molar-refractivity contribution in [3.05, 3.63) is 12.7 Å². The molecular weight excluding hydrogens is 156 g/mol. The summed E-state index contributed by atoms with van der Waals surface area (Å²) >= 11 is 0. The first-order chi connectivity index (χ1) is 5.48. The smallest absolute Gasteiger partial charge is 0.327 e. The summed E-state index contributed by atoms with van der Waals surface area (Å²) in [7, 11) is 0. The standard InChI is InChI=1S/C6H12O.C3H4O2/c1-6(7)4-2-3-5-6;1-2-3(4)5/h7H,2-5H2,1H3;2H,1H2,(H,4,5). The summed E-state index contributed by atoms with van der Waals surface area (Å²) in [5, 5.41) is 16.8. The molecule has 3 nitrogen and oxygen atoms in total. The van der Waals surface area contributed by atoms with Crippen LogP contribution in [0, 0.1) is 0 Å². The number of aliphatic carboxylic acids is 1. The zero-order chi connectivity index (χ0) is 9.61. The third-order valence-corrected chi connectivity index (χ3v) is 1.86. The molecule has 0 aromatic carbocycles. The van der Waals surface area contributed by atoms with E-state index in [1.165, 1.54) is 12.8 Å². The largest absolute Gasteiger partial charge is 0.478 e. The highest BCUT2D eigenvalue weighted by Gasteiger charge is 2.24. The summed E-state index contributed by atoms with van der Waals surface area (Å²) in [6.07, 6.45) is 5.28. The van der Waals surface area contributed by atoms with E-state index in [1.54, 1.807) is 0 Å². The molecule has 0 saturated heterocycles. The van der Waals surface area contributed by atoms with Crippen LogP contribution in [-0.2, 0) is 4.79 Å². The van der Waals surface area contributed by atoms with Crippen LogP contribution in [0.4, 0.5) is 0 Å². The first-order valence-corrected chi connectivity index (χ1v) is 4.06. The van der Waals surface area contributed by atoms with Crippen molar-refractivity contribution in [1.29, 1.82) is 0 Å². The third-order valence-electron chi connectivity index (χ3n) is 1.86. The minimum absolute atomic E-state index is 0.306. The average molecular weight is 172 g/mol. The van der Waals surface area contributed by atoms with E-state index in [4.69, 9.17) is 5.11 Å². The predicted molar refractivity (Wildman–Crippen MR) is 46.9 cm³/mol. The van der Waals surface area contributed by atoms with Crippen molar-refractivity contribution in [2.45, 2.75) is 38.2 Å². The van der Waals surface area contributed by atoms with Gasteiger partial charge in [0.15, 0.2) is 0 Å². The van der Waals surface area contributed by atoms with Crippen LogP contribution in [0.3, 0.4) is 0 Å². The molecule has 3 heteroatoms. The highest BCUT2D eigenvalue weighted by molar-refractivity contribution is 5.78. The van der Waals surface area contributed by atoms with E-state index in [1.807, 2.05) is 6.92 Å². The summed E-state index contributed by atoms with van der Waals surface area (Å²) in [5.74, 6) is -0.981. The molecule has 0 aliphatic heterocycles. The lowest BCUT2D eigenvalue weighted by molar-refractivity contribution is -0.131. The maximum Gasteiger partial charge on any atom is 0.327 e. The summed E-state index contributed by atoms with van der Waals surface area (Å²) in [6.45, 7) is 4.88. The highest BCUT2D eigenvalue weighted by atomic mass is 16.4. The fourth-order valence-corrected chi connectivity index (χ4v) is 1.14. The number of carboxylic acid groups (broad SMARTS) is 1. The summed E-state index contributed by atoms with van der Waals surface area (Å²) in [4.78, 5) is 9.25. The lowest BCUT2D eigenvalue weighted by Crippen LogP contribution is -2.17. The Morgan fingerprint density at radius 2 is 1.83 bits per heavy atom. The Labute approximate surface area is 72.7 Å². The van der Waals surface area contributed by atoms with Crippen molar-refractivity contribution in [1.82, 2.24) is 0 Å². The van der Waals surface area contributed by atoms with Crippen molar-refractivity contribution in [3.8, 4) is 0 Å². The van der Waals surface area contributed by atoms with Crippen LogP contribution in [0.1, 0.15) is 32.6 Å². The van der Waals surface area contributed by atoms with Crippen molar-refractivity contribution in [2.75, 3.05) is 0 Å². The fraction of sp³-hybridized carbons (Fsp3) is 0.667. The molecule has 2 N–H and O–H groups in total. The normalized spacial score (nSPS) is 19.2. The molecule has 0 atom stereocenters. The van der Waals surface area contributed by atoms with E-state index in [2.05, 4.69) is 6.58 Å². The van der Waals surface area contributed by atoms with E-state index < -0.39 is 5.97 Å². The fourth-order valence-electron chi connectivity index (χ4n) is 1.14. The molecule has 0 amide bonds. The van der Waals surface area contributed by atoms with Gasteiger partial charge >= 0.3 is 5.97 Å². The number of carbonyl (C=O) groups is 1. The SMILES string of the molecule is C=CC(=O)O.CC1(O)CCCC1. The first-order valence-electron chi connectivity index (χ1n) is 4.06. The summed E-state index contributed by atoms with van der Waals surface area (Å²) in [6, 6.07) is 0. The maximum atomic E-state index is 9.25. The van der Waals surface area contributed by atoms with Crippen molar-refractivity contribution < 1.29 is 15.0 Å². The van der Waals surface area contributed by atoms with Gasteiger partial charge in [-0.25, -0.2) is 4.79 Å². The molecule has 0 heterocycles. The Bertz CT molecular complexity index is 153. The molecule has 1 aliphatic rings. The monoisotopic (exact) mass is 172 g/mol. The summed E-state index contributed by atoms with van der Waals surface area (Å²) in [5.41, 5.74) is -0.306. The van der Waals surface area contributed by atoms with Crippen LogP contribution in [0.5, 0.6) is 0 Å². The van der Waals surface area contributed by atoms with Crippen LogP contribution in [0.25, 0.3) is 0 Å². The van der Waals surface area contributed by atoms with E-state index in [0.29, 0.717) is 0 Å². The molecule has 1 rings (SSSR count). The van der Waals surface area contributed by atoms with E-state index in [0.717, 1.165) is 18.9 Å². The summed E-state index contributed by atoms with van der Waals surface area (Å²) < 4.78 is 0. The molecule has 1 saturated carbocycles. The minimum Gasteiger partial charge on any atom is -0.478 e. The van der Waals surface area contributed by atoms with Gasteiger partial charge in [-0.1, -0.05) is 19.4 Å². The van der Waals surface area contributed by atoms with Gasteiger partial charge in [-0.2, -0.15) is 0 Å². The number of hydrogen-bond acceptors (Lipinski definition) is 2. The molecule has 1 aliphatic carbocycles. The molecule has 70 valence electrons. The zero-order valence-corrected chi connectivity index (χ0v) is 7.42. The first kappa shape index (κ1) is 11.2. The van der Waals surface area contributed by atoms with Gasteiger partial charge in [-0.15, -0.1) is 0 Å². The lowest BCUT2D eigenvalue weighted by Gasteiger charge is -2.12. The molecule has 0 radical (unpaired) electrons. The van der Waals surface area contributed by atoms with Crippen molar-refractivity contribution in [3.63, 3.8) is 0 Å². The number of rotatable bonds is 1. The van der Waals surface area contributed by atoms with Gasteiger partial charge in [0.2, 0.25) is 0 Å². The average Bonchev–Trinajstić information content (AvgIpc) is 2.35. The molecule has 0 unspecified atom stereocenters. The highest BCUT2D eigenvalue weighted by Crippen LogP contribution is 2.27. The van der Waals surface area contributed by atoms with Crippen molar-refractivity contribution >= 4 is 5.97 Å². The molecule has 1 fully saturated rings. The molecule has 0 aromatic rings. The maximum absolute atomic E-state index is 9.25. The van der Waals surface area contributed by atoms with E-state index >= 15 is 0 Å². The Morgan fingerprint density at radius 1 is 1.50 bits per heavy atom. The minimum atomic E-state index is -0.981. The molecule has 0 aromatic heterocycles. The number of aliphatic hydroxyl groups is 1. The molecular formula is C9H16O3. The van der Waals surface area contributed by atoms with Crippen LogP contribution in [0.2, 0.25) is 0 Å². The Balaban J connectivity index is 0.000000217. The molecule has 12 heavy (non-hydrogen) atoms. The topological polar surface area (TPSA) is 57.5 Å². The van der Waals surface area contributed by atoms with Gasteiger partial charge < -0.3 is 10.2 Å². The Morgan fingerprint density at radius 3 is 1.92 bits per heavy atom. The lowest BCUT2D eigenvalue weighted by atomic mass is 10.1. The second-order valence-corrected chi connectivity index (χ2v) is 3.25. The number of carboxylic acids is 1. The third kappa shape index (κ3) is 5.92. The Hall–Kier alpha value is -0.830. The number of hydrogen-bond donors (Lipinski definition) is 2. The Kier molecular flexibility index (Phi) is 4.59. The van der Waals surface area contributed by atoms with Crippen LogP contribution < -0.4 is 0 Å². The zero-order valence-electron chi connectivity index (χ0n) is 7.42. The van der Waals surface area contributed by atoms with Gasteiger partial charge in [-0.3, -0.25) is 0 Å². The van der Waals surface area contributed by atoms with Crippen LogP contribution in [0.15, 0.2) is 12.7 Å². The van der Waals surface area contributed by atoms with E-state index in [-0.39, 0.29) is 5.60 Å². The van der Waals surface area contributed by atoms with Gasteiger partial charge in [0, 0.05) is 6.08 Å². The predicted octanol–water partition coefficient (Wildman–Crippen LogP) is 1.57. The van der Waals surface area contributed by atoms with Gasteiger partial charge in [0.05, 0.1) is 5.60 Å². The van der Waals surface area contributed by atoms with Gasteiger partial charge in [0.1, 0.15) is 0 Å².